The van der Waals surface area contributed by atoms with Crippen LogP contribution in [0.5, 0.6) is 0 Å². The van der Waals surface area contributed by atoms with Crippen molar-refractivity contribution in [3.8, 4) is 0 Å². The standard InChI is InChI=1S/C25H23ClN4O3S/c1-2-29-22-10-6-4-8-20(22)28-24(29)16-27-25(31)18-11-12-19(26)23(15-18)34(32,33)30-14-13-17-7-3-5-9-21(17)30/h3-12,15H,2,13-14,16H2,1H3,(H,27,31). The molecule has 0 fully saturated rings. The molecule has 174 valence electrons. The Kier molecular flexibility index (Phi) is 5.79. The first-order chi connectivity index (χ1) is 16.4. The average Bonchev–Trinajstić information content (AvgIpc) is 3.44. The first kappa shape index (κ1) is 22.4. The van der Waals surface area contributed by atoms with Gasteiger partial charge in [0, 0.05) is 18.7 Å². The van der Waals surface area contributed by atoms with Gasteiger partial charge in [0.15, 0.2) is 0 Å². The van der Waals surface area contributed by atoms with E-state index in [2.05, 4.69) is 10.3 Å². The van der Waals surface area contributed by atoms with Crippen LogP contribution in [0.3, 0.4) is 0 Å². The number of nitrogens with zero attached hydrogens (tertiary/aromatic N) is 3. The zero-order chi connectivity index (χ0) is 23.9. The Morgan fingerprint density at radius 3 is 2.68 bits per heavy atom. The molecule has 0 saturated carbocycles. The molecule has 5 rings (SSSR count). The monoisotopic (exact) mass is 494 g/mol. The van der Waals surface area contributed by atoms with Crippen molar-refractivity contribution in [1.82, 2.24) is 14.9 Å². The molecular formula is C25H23ClN4O3S. The van der Waals surface area contributed by atoms with Crippen molar-refractivity contribution in [2.24, 2.45) is 0 Å². The van der Waals surface area contributed by atoms with Gasteiger partial charge < -0.3 is 9.88 Å². The minimum atomic E-state index is -3.93. The van der Waals surface area contributed by atoms with E-state index in [1.165, 1.54) is 22.5 Å². The summed E-state index contributed by atoms with van der Waals surface area (Å²) in [7, 11) is -3.93. The number of nitrogens with one attached hydrogen (secondary N) is 1. The zero-order valence-corrected chi connectivity index (χ0v) is 20.1. The van der Waals surface area contributed by atoms with E-state index in [0.717, 1.165) is 22.4 Å². The molecule has 34 heavy (non-hydrogen) atoms. The van der Waals surface area contributed by atoms with Crippen molar-refractivity contribution in [2.75, 3.05) is 10.8 Å². The summed E-state index contributed by atoms with van der Waals surface area (Å²) in [6.07, 6.45) is 0.631. The molecule has 0 saturated heterocycles. The largest absolute Gasteiger partial charge is 0.345 e. The van der Waals surface area contributed by atoms with Crippen LogP contribution < -0.4 is 9.62 Å². The molecule has 1 aromatic heterocycles. The summed E-state index contributed by atoms with van der Waals surface area (Å²) in [5, 5.41) is 2.94. The minimum absolute atomic E-state index is 0.0775. The van der Waals surface area contributed by atoms with E-state index >= 15 is 0 Å². The Bertz CT molecular complexity index is 1510. The van der Waals surface area contributed by atoms with Crippen LogP contribution >= 0.6 is 11.6 Å². The van der Waals surface area contributed by atoms with Gasteiger partial charge in [0.1, 0.15) is 10.7 Å². The molecule has 0 bridgehead atoms. The number of fused-ring (bicyclic) bond motifs is 2. The number of benzene rings is 3. The van der Waals surface area contributed by atoms with Gasteiger partial charge in [-0.1, -0.05) is 41.9 Å². The van der Waals surface area contributed by atoms with E-state index in [-0.39, 0.29) is 22.0 Å². The van der Waals surface area contributed by atoms with Crippen LogP contribution in [0.25, 0.3) is 11.0 Å². The van der Waals surface area contributed by atoms with Gasteiger partial charge in [0.25, 0.3) is 15.9 Å². The van der Waals surface area contributed by atoms with Crippen molar-refractivity contribution >= 4 is 44.3 Å². The van der Waals surface area contributed by atoms with Gasteiger partial charge in [0.2, 0.25) is 0 Å². The number of hydrogen-bond acceptors (Lipinski definition) is 4. The maximum Gasteiger partial charge on any atom is 0.265 e. The molecule has 1 aliphatic rings. The van der Waals surface area contributed by atoms with Gasteiger partial charge in [-0.3, -0.25) is 9.10 Å². The molecule has 9 heteroatoms. The van der Waals surface area contributed by atoms with Crippen LogP contribution in [-0.2, 0) is 29.5 Å². The number of sulfonamides is 1. The predicted octanol–water partition coefficient (Wildman–Crippen LogP) is 4.39. The molecule has 0 unspecified atom stereocenters. The normalized spacial score (nSPS) is 13.3. The number of carbonyl (C=O) groups is 1. The highest BCUT2D eigenvalue weighted by Crippen LogP contribution is 2.35. The average molecular weight is 495 g/mol. The number of imidazole rings is 1. The molecule has 7 nitrogen and oxygen atoms in total. The number of amides is 1. The van der Waals surface area contributed by atoms with Crippen LogP contribution in [0, 0.1) is 0 Å². The van der Waals surface area contributed by atoms with Crippen LogP contribution in [0.4, 0.5) is 5.69 Å². The lowest BCUT2D eigenvalue weighted by Crippen LogP contribution is -2.30. The Hall–Kier alpha value is -3.36. The van der Waals surface area contributed by atoms with Crippen molar-refractivity contribution < 1.29 is 13.2 Å². The van der Waals surface area contributed by atoms with E-state index in [0.29, 0.717) is 25.2 Å². The van der Waals surface area contributed by atoms with Crippen LogP contribution in [-0.4, -0.2) is 30.4 Å². The Labute approximate surface area is 203 Å². The molecule has 1 amide bonds. The number of aryl methyl sites for hydroxylation is 1. The van der Waals surface area contributed by atoms with Crippen LogP contribution in [0.15, 0.2) is 71.6 Å². The molecule has 2 heterocycles. The molecule has 0 atom stereocenters. The van der Waals surface area contributed by atoms with Crippen LogP contribution in [0.1, 0.15) is 28.7 Å². The van der Waals surface area contributed by atoms with Crippen molar-refractivity contribution in [3.63, 3.8) is 0 Å². The van der Waals surface area contributed by atoms with Gasteiger partial charge in [-0.25, -0.2) is 13.4 Å². The topological polar surface area (TPSA) is 84.3 Å². The number of aromatic nitrogens is 2. The summed E-state index contributed by atoms with van der Waals surface area (Å²) in [6, 6.07) is 19.5. The molecule has 3 aromatic carbocycles. The Morgan fingerprint density at radius 2 is 1.85 bits per heavy atom. The van der Waals surface area contributed by atoms with Crippen molar-refractivity contribution in [1.29, 1.82) is 0 Å². The van der Waals surface area contributed by atoms with Gasteiger partial charge in [-0.05, 0) is 55.3 Å². The number of anilines is 1. The fourth-order valence-electron chi connectivity index (χ4n) is 4.39. The first-order valence-corrected chi connectivity index (χ1v) is 12.8. The van der Waals surface area contributed by atoms with Gasteiger partial charge >= 0.3 is 0 Å². The number of carbonyl (C=O) groups excluding carboxylic acids is 1. The third-order valence-corrected chi connectivity index (χ3v) is 8.36. The SMILES string of the molecule is CCn1c(CNC(=O)c2ccc(Cl)c(S(=O)(=O)N3CCc4ccccc43)c2)nc2ccccc21. The quantitative estimate of drug-likeness (QED) is 0.431. The number of hydrogen-bond donors (Lipinski definition) is 1. The summed E-state index contributed by atoms with van der Waals surface area (Å²) in [4.78, 5) is 17.5. The second-order valence-electron chi connectivity index (χ2n) is 8.04. The molecule has 1 N–H and O–H groups in total. The third kappa shape index (κ3) is 3.82. The highest BCUT2D eigenvalue weighted by molar-refractivity contribution is 7.93. The molecule has 0 aliphatic carbocycles. The highest BCUT2D eigenvalue weighted by Gasteiger charge is 2.32. The summed E-state index contributed by atoms with van der Waals surface area (Å²) < 4.78 is 30.3. The fourth-order valence-corrected chi connectivity index (χ4v) is 6.40. The molecule has 0 spiro atoms. The summed E-state index contributed by atoms with van der Waals surface area (Å²) in [6.45, 7) is 3.28. The van der Waals surface area contributed by atoms with Crippen LogP contribution in [0.2, 0.25) is 5.02 Å². The predicted molar refractivity (Wildman–Crippen MR) is 133 cm³/mol. The zero-order valence-electron chi connectivity index (χ0n) is 18.5. The number of rotatable bonds is 6. The molecule has 0 radical (unpaired) electrons. The van der Waals surface area contributed by atoms with Gasteiger partial charge in [-0.15, -0.1) is 0 Å². The van der Waals surface area contributed by atoms with Crippen molar-refractivity contribution in [2.45, 2.75) is 31.3 Å². The maximum atomic E-state index is 13.5. The molecule has 1 aliphatic heterocycles. The Balaban J connectivity index is 1.40. The van der Waals surface area contributed by atoms with Gasteiger partial charge in [-0.2, -0.15) is 0 Å². The lowest BCUT2D eigenvalue weighted by atomic mass is 10.2. The first-order valence-electron chi connectivity index (χ1n) is 11.0. The summed E-state index contributed by atoms with van der Waals surface area (Å²) in [5.41, 5.74) is 3.69. The van der Waals surface area contributed by atoms with Crippen molar-refractivity contribution in [3.05, 3.63) is 88.7 Å². The second kappa shape index (κ2) is 8.77. The summed E-state index contributed by atoms with van der Waals surface area (Å²) >= 11 is 6.30. The molecule has 4 aromatic rings. The van der Waals surface area contributed by atoms with E-state index in [1.807, 2.05) is 54.0 Å². The van der Waals surface area contributed by atoms with E-state index in [9.17, 15) is 13.2 Å². The van der Waals surface area contributed by atoms with E-state index in [1.54, 1.807) is 6.07 Å². The Morgan fingerprint density at radius 1 is 1.09 bits per heavy atom. The minimum Gasteiger partial charge on any atom is -0.345 e. The third-order valence-electron chi connectivity index (χ3n) is 6.06. The van der Waals surface area contributed by atoms with E-state index in [4.69, 9.17) is 11.6 Å². The van der Waals surface area contributed by atoms with Gasteiger partial charge in [0.05, 0.1) is 28.3 Å². The lowest BCUT2D eigenvalue weighted by Gasteiger charge is -2.20. The lowest BCUT2D eigenvalue weighted by molar-refractivity contribution is 0.0949. The molecular weight excluding hydrogens is 472 g/mol. The highest BCUT2D eigenvalue weighted by atomic mass is 35.5. The smallest absolute Gasteiger partial charge is 0.265 e. The summed E-state index contributed by atoms with van der Waals surface area (Å²) in [5.74, 6) is 0.331. The fraction of sp³-hybridized carbons (Fsp3) is 0.200. The second-order valence-corrected chi connectivity index (χ2v) is 10.3. The number of halogens is 1. The van der Waals surface area contributed by atoms with E-state index < -0.39 is 15.9 Å². The number of para-hydroxylation sites is 3. The maximum absolute atomic E-state index is 13.5.